The molecule has 1 saturated heterocycles. The number of pyridine rings is 2. The Bertz CT molecular complexity index is 983. The molecule has 3 heterocycles. The molecule has 2 aromatic rings. The Morgan fingerprint density at radius 1 is 1.21 bits per heavy atom. The van der Waals surface area contributed by atoms with Crippen LogP contribution < -0.4 is 10.6 Å². The summed E-state index contributed by atoms with van der Waals surface area (Å²) in [6.45, 7) is 3.06. The van der Waals surface area contributed by atoms with Gasteiger partial charge in [-0.25, -0.2) is 14.8 Å². The first-order valence-electron chi connectivity index (χ1n) is 11.1. The van der Waals surface area contributed by atoms with E-state index in [9.17, 15) is 19.5 Å². The van der Waals surface area contributed by atoms with Gasteiger partial charge in [0.05, 0.1) is 6.61 Å². The lowest BCUT2D eigenvalue weighted by atomic mass is 10.0. The van der Waals surface area contributed by atoms with Crippen molar-refractivity contribution >= 4 is 23.7 Å². The predicted molar refractivity (Wildman–Crippen MR) is 121 cm³/mol. The molecule has 3 rings (SSSR count). The molecular weight excluding hydrogens is 426 g/mol. The van der Waals surface area contributed by atoms with Crippen molar-refractivity contribution in [2.75, 3.05) is 18.5 Å². The number of carbonyl (C=O) groups excluding carboxylic acids is 3. The molecule has 1 aliphatic heterocycles. The Kier molecular flexibility index (Phi) is 8.56. The first-order chi connectivity index (χ1) is 16.0. The Hall–Kier alpha value is -3.69. The minimum Gasteiger partial charge on any atom is -0.505 e. The number of hydrogen-bond acceptors (Lipinski definition) is 7. The zero-order valence-electron chi connectivity index (χ0n) is 18.6. The highest BCUT2D eigenvalue weighted by Crippen LogP contribution is 2.19. The number of aromatic hydroxyl groups is 1. The molecule has 0 bridgehead atoms. The van der Waals surface area contributed by atoms with Crippen molar-refractivity contribution in [1.29, 1.82) is 0 Å². The van der Waals surface area contributed by atoms with E-state index in [0.717, 1.165) is 25.7 Å². The van der Waals surface area contributed by atoms with Gasteiger partial charge in [0.2, 0.25) is 5.91 Å². The van der Waals surface area contributed by atoms with Crippen molar-refractivity contribution in [2.24, 2.45) is 0 Å². The lowest BCUT2D eigenvalue weighted by Crippen LogP contribution is -2.52. The molecule has 0 saturated carbocycles. The largest absolute Gasteiger partial charge is 0.505 e. The number of aromatic nitrogens is 2. The molecule has 0 radical (unpaired) electrons. The zero-order chi connectivity index (χ0) is 23.6. The number of carbonyl (C=O) groups is 3. The quantitative estimate of drug-likeness (QED) is 0.521. The summed E-state index contributed by atoms with van der Waals surface area (Å²) in [4.78, 5) is 47.0. The Balaban J connectivity index is 1.57. The van der Waals surface area contributed by atoms with E-state index in [4.69, 9.17) is 4.74 Å². The summed E-state index contributed by atoms with van der Waals surface area (Å²) in [5.41, 5.74) is 0.605. The van der Waals surface area contributed by atoms with E-state index in [1.165, 1.54) is 29.4 Å². The van der Waals surface area contributed by atoms with E-state index in [2.05, 4.69) is 20.6 Å². The predicted octanol–water partition coefficient (Wildman–Crippen LogP) is 2.84. The third kappa shape index (κ3) is 6.64. The van der Waals surface area contributed by atoms with Gasteiger partial charge in [0.1, 0.15) is 17.6 Å². The summed E-state index contributed by atoms with van der Waals surface area (Å²) >= 11 is 0. The summed E-state index contributed by atoms with van der Waals surface area (Å²) in [7, 11) is 0. The van der Waals surface area contributed by atoms with Crippen LogP contribution in [0.25, 0.3) is 0 Å². The van der Waals surface area contributed by atoms with E-state index in [-0.39, 0.29) is 29.7 Å². The van der Waals surface area contributed by atoms with Crippen molar-refractivity contribution in [3.63, 3.8) is 0 Å². The highest BCUT2D eigenvalue weighted by Gasteiger charge is 2.32. The third-order valence-electron chi connectivity index (χ3n) is 5.30. The lowest BCUT2D eigenvalue weighted by Gasteiger charge is -2.33. The Morgan fingerprint density at radius 3 is 2.85 bits per heavy atom. The van der Waals surface area contributed by atoms with Crippen molar-refractivity contribution < 1.29 is 24.2 Å². The van der Waals surface area contributed by atoms with Gasteiger partial charge in [-0.2, -0.15) is 0 Å². The smallest absolute Gasteiger partial charge is 0.410 e. The molecule has 1 fully saturated rings. The highest BCUT2D eigenvalue weighted by atomic mass is 16.6. The van der Waals surface area contributed by atoms with Crippen LogP contribution in [0.15, 0.2) is 36.7 Å². The summed E-state index contributed by atoms with van der Waals surface area (Å²) in [5, 5.41) is 15.2. The van der Waals surface area contributed by atoms with Crippen LogP contribution in [0.3, 0.4) is 0 Å². The van der Waals surface area contributed by atoms with Gasteiger partial charge in [-0.05, 0) is 55.5 Å². The number of amides is 3. The van der Waals surface area contributed by atoms with Crippen LogP contribution in [-0.4, -0.2) is 57.1 Å². The number of hydrogen-bond donors (Lipinski definition) is 3. The number of anilines is 1. The van der Waals surface area contributed by atoms with Crippen LogP contribution in [0.4, 0.5) is 10.6 Å². The van der Waals surface area contributed by atoms with E-state index in [1.54, 1.807) is 12.1 Å². The summed E-state index contributed by atoms with van der Waals surface area (Å²) in [6.07, 6.45) is 6.46. The molecule has 1 unspecified atom stereocenters. The van der Waals surface area contributed by atoms with Crippen LogP contribution in [-0.2, 0) is 16.1 Å². The van der Waals surface area contributed by atoms with Crippen LogP contribution in [0, 0.1) is 0 Å². The highest BCUT2D eigenvalue weighted by molar-refractivity contribution is 6.04. The number of nitrogens with zero attached hydrogens (tertiary/aromatic N) is 3. The second-order valence-electron chi connectivity index (χ2n) is 7.77. The van der Waals surface area contributed by atoms with E-state index >= 15 is 0 Å². The molecule has 0 aromatic carbocycles. The zero-order valence-corrected chi connectivity index (χ0v) is 18.6. The van der Waals surface area contributed by atoms with Crippen LogP contribution >= 0.6 is 0 Å². The molecule has 0 aliphatic carbocycles. The maximum absolute atomic E-state index is 12.8. The SMILES string of the molecule is CCCCOC(=O)N1CCCCC1C(=O)NCc1ccnc(NC(=O)c2ncccc2O)c1. The topological polar surface area (TPSA) is 134 Å². The normalized spacial score (nSPS) is 15.5. The fourth-order valence-electron chi connectivity index (χ4n) is 3.52. The molecule has 176 valence electrons. The van der Waals surface area contributed by atoms with Crippen molar-refractivity contribution in [2.45, 2.75) is 51.6 Å². The van der Waals surface area contributed by atoms with Gasteiger partial charge in [0, 0.05) is 25.5 Å². The van der Waals surface area contributed by atoms with Crippen molar-refractivity contribution in [1.82, 2.24) is 20.2 Å². The molecule has 0 spiro atoms. The average molecular weight is 456 g/mol. The fourth-order valence-corrected chi connectivity index (χ4v) is 3.52. The molecular formula is C23H29N5O5. The first kappa shape index (κ1) is 24.0. The lowest BCUT2D eigenvalue weighted by molar-refractivity contribution is -0.127. The molecule has 3 N–H and O–H groups in total. The summed E-state index contributed by atoms with van der Waals surface area (Å²) < 4.78 is 5.30. The summed E-state index contributed by atoms with van der Waals surface area (Å²) in [5.74, 6) is -0.816. The number of ether oxygens (including phenoxy) is 1. The van der Waals surface area contributed by atoms with Gasteiger partial charge in [0.25, 0.3) is 5.91 Å². The molecule has 33 heavy (non-hydrogen) atoms. The molecule has 2 aromatic heterocycles. The first-order valence-corrected chi connectivity index (χ1v) is 11.1. The second kappa shape index (κ2) is 11.8. The molecule has 1 aliphatic rings. The van der Waals surface area contributed by atoms with E-state index in [1.807, 2.05) is 6.92 Å². The Morgan fingerprint density at radius 2 is 2.06 bits per heavy atom. The monoisotopic (exact) mass is 455 g/mol. The van der Waals surface area contributed by atoms with Gasteiger partial charge < -0.3 is 20.5 Å². The molecule has 10 heteroatoms. The van der Waals surface area contributed by atoms with Crippen LogP contribution in [0.5, 0.6) is 5.75 Å². The summed E-state index contributed by atoms with van der Waals surface area (Å²) in [6, 6.07) is 5.66. The molecule has 3 amide bonds. The number of likely N-dealkylation sites (tertiary alicyclic amines) is 1. The van der Waals surface area contributed by atoms with E-state index < -0.39 is 18.0 Å². The van der Waals surface area contributed by atoms with Crippen molar-refractivity contribution in [3.05, 3.63) is 47.9 Å². The average Bonchev–Trinajstić information content (AvgIpc) is 2.83. The standard InChI is InChI=1S/C23H29N5O5/c1-2-3-13-33-23(32)28-12-5-4-7-17(28)21(30)26-15-16-9-11-24-19(14-16)27-22(31)20-18(29)8-6-10-25-20/h6,8-11,14,17,29H,2-5,7,12-13,15H2,1H3,(H,26,30)(H,24,27,31). The Labute approximate surface area is 192 Å². The van der Waals surface area contributed by atoms with Gasteiger partial charge in [-0.1, -0.05) is 13.3 Å². The van der Waals surface area contributed by atoms with Gasteiger partial charge in [0.15, 0.2) is 5.69 Å². The van der Waals surface area contributed by atoms with Crippen LogP contribution in [0.2, 0.25) is 0 Å². The molecule has 1 atom stereocenters. The number of unbranched alkanes of at least 4 members (excludes halogenated alkanes) is 1. The van der Waals surface area contributed by atoms with Crippen molar-refractivity contribution in [3.8, 4) is 5.75 Å². The van der Waals surface area contributed by atoms with Gasteiger partial charge in [-0.15, -0.1) is 0 Å². The minimum atomic E-state index is -0.596. The molecule has 10 nitrogen and oxygen atoms in total. The fraction of sp³-hybridized carbons (Fsp3) is 0.435. The minimum absolute atomic E-state index is 0.110. The third-order valence-corrected chi connectivity index (χ3v) is 5.30. The van der Waals surface area contributed by atoms with Gasteiger partial charge >= 0.3 is 6.09 Å². The van der Waals surface area contributed by atoms with E-state index in [0.29, 0.717) is 25.1 Å². The second-order valence-corrected chi connectivity index (χ2v) is 7.77. The van der Waals surface area contributed by atoms with Gasteiger partial charge in [-0.3, -0.25) is 14.5 Å². The van der Waals surface area contributed by atoms with Crippen LogP contribution in [0.1, 0.15) is 55.1 Å². The maximum Gasteiger partial charge on any atom is 0.410 e. The number of rotatable bonds is 8. The maximum atomic E-state index is 12.8. The number of nitrogens with one attached hydrogen (secondary N) is 2. The number of piperidine rings is 1.